The van der Waals surface area contributed by atoms with Gasteiger partial charge in [-0.05, 0) is 46.8 Å². The fourth-order valence-corrected chi connectivity index (χ4v) is 2.13. The number of benzene rings is 2. The largest absolute Gasteiger partial charge is 0.490 e. The van der Waals surface area contributed by atoms with Gasteiger partial charge in [0.25, 0.3) is 0 Å². The number of nitrogens with zero attached hydrogens (tertiary/aromatic N) is 5. The Morgan fingerprint density at radius 2 is 1.96 bits per heavy atom. The zero-order valence-electron chi connectivity index (χ0n) is 12.1. The third-order valence-electron chi connectivity index (χ3n) is 3.24. The summed E-state index contributed by atoms with van der Waals surface area (Å²) in [6, 6.07) is 11.5. The van der Waals surface area contributed by atoms with Crippen LogP contribution in [-0.2, 0) is 0 Å². The highest BCUT2D eigenvalue weighted by Crippen LogP contribution is 2.30. The standard InChI is InChI=1S/C14H12N6O3/c1-23-13-7-6-11(8-12(13)20(21)22)19-14(16-17-18-19)9-2-4-10(15)5-3-9/h2-8H,15H2,1H3. The summed E-state index contributed by atoms with van der Waals surface area (Å²) in [5, 5.41) is 22.7. The van der Waals surface area contributed by atoms with E-state index in [4.69, 9.17) is 10.5 Å². The average Bonchev–Trinajstić information content (AvgIpc) is 3.04. The fraction of sp³-hybridized carbons (Fsp3) is 0.0714. The molecule has 0 amide bonds. The first-order valence-electron chi connectivity index (χ1n) is 6.57. The van der Waals surface area contributed by atoms with Crippen molar-refractivity contribution in [3.05, 3.63) is 52.6 Å². The zero-order chi connectivity index (χ0) is 16.4. The Morgan fingerprint density at radius 3 is 2.61 bits per heavy atom. The number of nitro benzene ring substituents is 1. The van der Waals surface area contributed by atoms with E-state index in [-0.39, 0.29) is 11.4 Å². The predicted octanol–water partition coefficient (Wildman–Crippen LogP) is 1.83. The van der Waals surface area contributed by atoms with E-state index in [1.807, 2.05) is 0 Å². The van der Waals surface area contributed by atoms with Gasteiger partial charge >= 0.3 is 5.69 Å². The molecule has 0 aliphatic rings. The van der Waals surface area contributed by atoms with Crippen molar-refractivity contribution < 1.29 is 9.66 Å². The quantitative estimate of drug-likeness (QED) is 0.443. The summed E-state index contributed by atoms with van der Waals surface area (Å²) in [5.74, 6) is 0.616. The summed E-state index contributed by atoms with van der Waals surface area (Å²) in [7, 11) is 1.37. The average molecular weight is 312 g/mol. The molecule has 0 aliphatic carbocycles. The lowest BCUT2D eigenvalue weighted by Gasteiger charge is -2.07. The summed E-state index contributed by atoms with van der Waals surface area (Å²) in [6.07, 6.45) is 0. The Kier molecular flexibility index (Phi) is 3.59. The molecule has 1 heterocycles. The second-order valence-corrected chi connectivity index (χ2v) is 4.65. The Bertz CT molecular complexity index is 859. The molecule has 2 aromatic carbocycles. The molecule has 0 atom stereocenters. The summed E-state index contributed by atoms with van der Waals surface area (Å²) >= 11 is 0. The van der Waals surface area contributed by atoms with E-state index in [1.54, 1.807) is 30.3 Å². The van der Waals surface area contributed by atoms with Crippen molar-refractivity contribution in [1.82, 2.24) is 20.2 Å². The number of nitrogens with two attached hydrogens (primary N) is 1. The van der Waals surface area contributed by atoms with Crippen molar-refractivity contribution in [1.29, 1.82) is 0 Å². The third-order valence-corrected chi connectivity index (χ3v) is 3.24. The monoisotopic (exact) mass is 312 g/mol. The highest BCUT2D eigenvalue weighted by Gasteiger charge is 2.18. The molecule has 3 rings (SSSR count). The molecule has 23 heavy (non-hydrogen) atoms. The van der Waals surface area contributed by atoms with Crippen LogP contribution in [-0.4, -0.2) is 32.2 Å². The van der Waals surface area contributed by atoms with Gasteiger partial charge in [-0.15, -0.1) is 5.10 Å². The number of rotatable bonds is 4. The number of hydrogen-bond acceptors (Lipinski definition) is 7. The maximum absolute atomic E-state index is 11.1. The van der Waals surface area contributed by atoms with Gasteiger partial charge in [0.2, 0.25) is 0 Å². The highest BCUT2D eigenvalue weighted by atomic mass is 16.6. The number of ether oxygens (including phenoxy) is 1. The van der Waals surface area contributed by atoms with Crippen molar-refractivity contribution in [3.8, 4) is 22.8 Å². The van der Waals surface area contributed by atoms with Gasteiger partial charge in [0.1, 0.15) is 0 Å². The molecule has 9 nitrogen and oxygen atoms in total. The highest BCUT2D eigenvalue weighted by molar-refractivity contribution is 5.62. The molecule has 0 unspecified atom stereocenters. The lowest BCUT2D eigenvalue weighted by Crippen LogP contribution is -2.02. The van der Waals surface area contributed by atoms with Crippen molar-refractivity contribution in [2.75, 3.05) is 12.8 Å². The molecule has 9 heteroatoms. The van der Waals surface area contributed by atoms with Gasteiger partial charge in [0.05, 0.1) is 17.7 Å². The Hall–Kier alpha value is -3.49. The number of aromatic nitrogens is 4. The molecule has 0 radical (unpaired) electrons. The Morgan fingerprint density at radius 1 is 1.22 bits per heavy atom. The van der Waals surface area contributed by atoms with Crippen LogP contribution in [0.15, 0.2) is 42.5 Å². The van der Waals surface area contributed by atoms with Gasteiger partial charge in [-0.1, -0.05) is 0 Å². The van der Waals surface area contributed by atoms with E-state index < -0.39 is 4.92 Å². The van der Waals surface area contributed by atoms with Crippen LogP contribution < -0.4 is 10.5 Å². The normalized spacial score (nSPS) is 10.5. The van der Waals surface area contributed by atoms with Crippen LogP contribution in [0.25, 0.3) is 17.1 Å². The van der Waals surface area contributed by atoms with Crippen molar-refractivity contribution in [3.63, 3.8) is 0 Å². The van der Waals surface area contributed by atoms with Gasteiger partial charge < -0.3 is 10.5 Å². The van der Waals surface area contributed by atoms with Crippen LogP contribution in [0.5, 0.6) is 5.75 Å². The van der Waals surface area contributed by atoms with Crippen LogP contribution in [0.1, 0.15) is 0 Å². The van der Waals surface area contributed by atoms with Crippen LogP contribution in [0.4, 0.5) is 11.4 Å². The van der Waals surface area contributed by atoms with Gasteiger partial charge in [-0.25, -0.2) is 0 Å². The first-order valence-corrected chi connectivity index (χ1v) is 6.57. The first kappa shape index (κ1) is 14.4. The minimum absolute atomic E-state index is 0.163. The molecule has 0 bridgehead atoms. The van der Waals surface area contributed by atoms with Crippen LogP contribution in [0.2, 0.25) is 0 Å². The van der Waals surface area contributed by atoms with Gasteiger partial charge in [-0.2, -0.15) is 4.68 Å². The molecule has 0 fully saturated rings. The maximum atomic E-state index is 11.1. The van der Waals surface area contributed by atoms with Gasteiger partial charge in [0, 0.05) is 17.3 Å². The lowest BCUT2D eigenvalue weighted by molar-refractivity contribution is -0.385. The molecule has 0 spiro atoms. The zero-order valence-corrected chi connectivity index (χ0v) is 12.1. The Balaban J connectivity index is 2.10. The molecule has 0 saturated carbocycles. The SMILES string of the molecule is COc1ccc(-n2nnnc2-c2ccc(N)cc2)cc1[N+](=O)[O-]. The van der Waals surface area contributed by atoms with Crippen molar-refractivity contribution in [2.45, 2.75) is 0 Å². The number of nitrogen functional groups attached to an aromatic ring is 1. The van der Waals surface area contributed by atoms with Gasteiger partial charge in [-0.3, -0.25) is 10.1 Å². The van der Waals surface area contributed by atoms with Crippen LogP contribution in [0, 0.1) is 10.1 Å². The number of tetrazole rings is 1. The van der Waals surface area contributed by atoms with Gasteiger partial charge in [0.15, 0.2) is 11.6 Å². The number of methoxy groups -OCH3 is 1. The second kappa shape index (κ2) is 5.72. The minimum Gasteiger partial charge on any atom is -0.490 e. The molecule has 3 aromatic rings. The molecule has 2 N–H and O–H groups in total. The molecule has 1 aromatic heterocycles. The van der Waals surface area contributed by atoms with E-state index in [1.165, 1.54) is 23.9 Å². The summed E-state index contributed by atoms with van der Waals surface area (Å²) in [4.78, 5) is 10.6. The molecular formula is C14H12N6O3. The number of hydrogen-bond donors (Lipinski definition) is 1. The smallest absolute Gasteiger partial charge is 0.313 e. The Labute approximate surface area is 130 Å². The second-order valence-electron chi connectivity index (χ2n) is 4.65. The van der Waals surface area contributed by atoms with Crippen molar-refractivity contribution >= 4 is 11.4 Å². The summed E-state index contributed by atoms with van der Waals surface area (Å²) in [5.41, 5.74) is 7.31. The number of anilines is 1. The molecule has 0 saturated heterocycles. The summed E-state index contributed by atoms with van der Waals surface area (Å²) < 4.78 is 6.41. The topological polar surface area (TPSA) is 122 Å². The predicted molar refractivity (Wildman–Crippen MR) is 82.2 cm³/mol. The molecule has 0 aliphatic heterocycles. The van der Waals surface area contributed by atoms with Crippen LogP contribution >= 0.6 is 0 Å². The van der Waals surface area contributed by atoms with E-state index in [0.29, 0.717) is 17.2 Å². The van der Waals surface area contributed by atoms with E-state index in [2.05, 4.69) is 15.5 Å². The maximum Gasteiger partial charge on any atom is 0.313 e. The van der Waals surface area contributed by atoms with E-state index in [9.17, 15) is 10.1 Å². The molecule has 116 valence electrons. The number of nitro groups is 1. The lowest BCUT2D eigenvalue weighted by atomic mass is 10.2. The third kappa shape index (κ3) is 2.67. The molecular weight excluding hydrogens is 300 g/mol. The fourth-order valence-electron chi connectivity index (χ4n) is 2.13. The van der Waals surface area contributed by atoms with Crippen LogP contribution in [0.3, 0.4) is 0 Å². The van der Waals surface area contributed by atoms with Crippen molar-refractivity contribution in [2.24, 2.45) is 0 Å². The van der Waals surface area contributed by atoms with E-state index >= 15 is 0 Å². The first-order chi connectivity index (χ1) is 11.1. The minimum atomic E-state index is -0.518. The van der Waals surface area contributed by atoms with E-state index in [0.717, 1.165) is 5.56 Å². The summed E-state index contributed by atoms with van der Waals surface area (Å²) in [6.45, 7) is 0.